The lowest BCUT2D eigenvalue weighted by atomic mass is 10.2. The first-order valence-electron chi connectivity index (χ1n) is 7.09. The summed E-state index contributed by atoms with van der Waals surface area (Å²) < 4.78 is 7.64. The van der Waals surface area contributed by atoms with Gasteiger partial charge in [-0.15, -0.1) is 10.2 Å². The monoisotopic (exact) mass is 283 g/mol. The summed E-state index contributed by atoms with van der Waals surface area (Å²) in [5.74, 6) is 1.19. The number of para-hydroxylation sites is 1. The number of hydrogen-bond donors (Lipinski definition) is 0. The number of aromatic nitrogens is 3. The van der Waals surface area contributed by atoms with Crippen molar-refractivity contribution in [3.05, 3.63) is 36.2 Å². The summed E-state index contributed by atoms with van der Waals surface area (Å²) in [6.45, 7) is 3.94. The zero-order valence-corrected chi connectivity index (χ0v) is 12.2. The largest absolute Gasteiger partial charge is 0.419 e. The van der Waals surface area contributed by atoms with Crippen molar-refractivity contribution in [2.45, 2.75) is 33.2 Å². The van der Waals surface area contributed by atoms with Gasteiger partial charge in [0.1, 0.15) is 11.5 Å². The molecule has 0 bridgehead atoms. The van der Waals surface area contributed by atoms with Crippen LogP contribution in [-0.4, -0.2) is 20.5 Å². The van der Waals surface area contributed by atoms with Crippen molar-refractivity contribution in [3.63, 3.8) is 0 Å². The Labute approximate surface area is 122 Å². The molecule has 0 spiro atoms. The minimum atomic E-state index is 0.0888. The van der Waals surface area contributed by atoms with Crippen molar-refractivity contribution in [1.29, 1.82) is 0 Å². The van der Waals surface area contributed by atoms with Crippen LogP contribution in [0.1, 0.15) is 26.2 Å². The number of Topliss-reactive ketones (excluding diaryl/α,β-unsaturated/α-hetero) is 1. The molecule has 21 heavy (non-hydrogen) atoms. The number of nitrogens with zero attached hydrogens (tertiary/aromatic N) is 3. The molecule has 0 saturated heterocycles. The molecule has 0 radical (unpaired) electrons. The van der Waals surface area contributed by atoms with Crippen LogP contribution in [0.25, 0.3) is 22.5 Å². The Morgan fingerprint density at radius 2 is 2.10 bits per heavy atom. The standard InChI is InChI=1S/C16H17N3O2/c1-3-6-15-17-18-16(21-15)14-9-12-7-4-5-8-13(12)19(14)10-11(2)20/h4-5,7-9H,3,6,10H2,1-2H3. The first-order chi connectivity index (χ1) is 10.2. The van der Waals surface area contributed by atoms with E-state index in [0.717, 1.165) is 29.4 Å². The van der Waals surface area contributed by atoms with Crippen molar-refractivity contribution in [2.24, 2.45) is 0 Å². The molecule has 3 aromatic rings. The Bertz CT molecular complexity index is 786. The quantitative estimate of drug-likeness (QED) is 0.721. The van der Waals surface area contributed by atoms with Gasteiger partial charge in [-0.05, 0) is 25.5 Å². The van der Waals surface area contributed by atoms with Gasteiger partial charge in [-0.1, -0.05) is 25.1 Å². The maximum atomic E-state index is 11.6. The van der Waals surface area contributed by atoms with Gasteiger partial charge in [0, 0.05) is 17.3 Å². The van der Waals surface area contributed by atoms with E-state index in [0.29, 0.717) is 18.3 Å². The second-order valence-electron chi connectivity index (χ2n) is 5.13. The predicted molar refractivity (Wildman–Crippen MR) is 79.9 cm³/mol. The summed E-state index contributed by atoms with van der Waals surface area (Å²) in [5, 5.41) is 9.24. The van der Waals surface area contributed by atoms with Crippen LogP contribution in [0.3, 0.4) is 0 Å². The summed E-state index contributed by atoms with van der Waals surface area (Å²) in [4.78, 5) is 11.6. The van der Waals surface area contributed by atoms with Crippen LogP contribution in [0.4, 0.5) is 0 Å². The van der Waals surface area contributed by atoms with Crippen molar-refractivity contribution < 1.29 is 9.21 Å². The molecule has 5 nitrogen and oxygen atoms in total. The van der Waals surface area contributed by atoms with Gasteiger partial charge in [0.25, 0.3) is 5.89 Å². The van der Waals surface area contributed by atoms with Crippen LogP contribution in [0.5, 0.6) is 0 Å². The van der Waals surface area contributed by atoms with Gasteiger partial charge < -0.3 is 8.98 Å². The van der Waals surface area contributed by atoms with Gasteiger partial charge in [0.05, 0.1) is 6.54 Å². The normalized spacial score (nSPS) is 11.1. The molecule has 0 aliphatic rings. The van der Waals surface area contributed by atoms with E-state index < -0.39 is 0 Å². The lowest BCUT2D eigenvalue weighted by Gasteiger charge is -2.05. The first kappa shape index (κ1) is 13.5. The third kappa shape index (κ3) is 2.59. The number of carbonyl (C=O) groups is 1. The fourth-order valence-corrected chi connectivity index (χ4v) is 2.45. The van der Waals surface area contributed by atoms with Crippen LogP contribution in [0.15, 0.2) is 34.7 Å². The van der Waals surface area contributed by atoms with Crippen LogP contribution < -0.4 is 0 Å². The zero-order valence-electron chi connectivity index (χ0n) is 12.2. The van der Waals surface area contributed by atoms with E-state index in [-0.39, 0.29) is 5.78 Å². The minimum Gasteiger partial charge on any atom is -0.419 e. The summed E-state index contributed by atoms with van der Waals surface area (Å²) in [5.41, 5.74) is 1.79. The molecule has 0 N–H and O–H groups in total. The molecular formula is C16H17N3O2. The summed E-state index contributed by atoms with van der Waals surface area (Å²) in [6.07, 6.45) is 1.72. The highest BCUT2D eigenvalue weighted by atomic mass is 16.4. The van der Waals surface area contributed by atoms with Gasteiger partial charge >= 0.3 is 0 Å². The molecular weight excluding hydrogens is 266 g/mol. The van der Waals surface area contributed by atoms with E-state index in [1.54, 1.807) is 6.92 Å². The van der Waals surface area contributed by atoms with Crippen LogP contribution in [-0.2, 0) is 17.8 Å². The van der Waals surface area contributed by atoms with Crippen LogP contribution in [0, 0.1) is 0 Å². The lowest BCUT2D eigenvalue weighted by Crippen LogP contribution is -2.07. The highest BCUT2D eigenvalue weighted by molar-refractivity contribution is 5.88. The number of rotatable bonds is 5. The number of ketones is 1. The average molecular weight is 283 g/mol. The van der Waals surface area contributed by atoms with Gasteiger partial charge in [-0.25, -0.2) is 0 Å². The summed E-state index contributed by atoms with van der Waals surface area (Å²) in [6, 6.07) is 9.92. The molecule has 0 atom stereocenters. The minimum absolute atomic E-state index is 0.0888. The Morgan fingerprint density at radius 3 is 2.86 bits per heavy atom. The van der Waals surface area contributed by atoms with Gasteiger partial charge in [0.2, 0.25) is 5.89 Å². The molecule has 0 amide bonds. The number of aryl methyl sites for hydroxylation is 1. The fourth-order valence-electron chi connectivity index (χ4n) is 2.45. The first-order valence-corrected chi connectivity index (χ1v) is 7.09. The third-order valence-corrected chi connectivity index (χ3v) is 3.34. The van der Waals surface area contributed by atoms with E-state index in [1.807, 2.05) is 34.9 Å². The van der Waals surface area contributed by atoms with Gasteiger partial charge in [-0.3, -0.25) is 4.79 Å². The third-order valence-electron chi connectivity index (χ3n) is 3.34. The average Bonchev–Trinajstić information content (AvgIpc) is 3.04. The maximum absolute atomic E-state index is 11.6. The molecule has 108 valence electrons. The van der Waals surface area contributed by atoms with Crippen LogP contribution in [0.2, 0.25) is 0 Å². The fraction of sp³-hybridized carbons (Fsp3) is 0.312. The lowest BCUT2D eigenvalue weighted by molar-refractivity contribution is -0.117. The predicted octanol–water partition coefficient (Wildman–Crippen LogP) is 3.23. The molecule has 2 heterocycles. The van der Waals surface area contributed by atoms with Crippen molar-refractivity contribution in [3.8, 4) is 11.6 Å². The highest BCUT2D eigenvalue weighted by Gasteiger charge is 2.16. The molecule has 2 aromatic heterocycles. The summed E-state index contributed by atoms with van der Waals surface area (Å²) >= 11 is 0. The van der Waals surface area contributed by atoms with Gasteiger partial charge in [-0.2, -0.15) is 0 Å². The Hall–Kier alpha value is -2.43. The zero-order chi connectivity index (χ0) is 14.8. The molecule has 0 unspecified atom stereocenters. The molecule has 0 fully saturated rings. The van der Waals surface area contributed by atoms with E-state index >= 15 is 0 Å². The molecule has 0 aliphatic carbocycles. The smallest absolute Gasteiger partial charge is 0.264 e. The molecule has 3 rings (SSSR count). The SMILES string of the molecule is CCCc1nnc(-c2cc3ccccc3n2CC(C)=O)o1. The van der Waals surface area contributed by atoms with Crippen molar-refractivity contribution in [1.82, 2.24) is 14.8 Å². The van der Waals surface area contributed by atoms with Crippen molar-refractivity contribution in [2.75, 3.05) is 0 Å². The number of hydrogen-bond acceptors (Lipinski definition) is 4. The molecule has 5 heteroatoms. The van der Waals surface area contributed by atoms with Gasteiger partial charge in [0.15, 0.2) is 0 Å². The van der Waals surface area contributed by atoms with Crippen molar-refractivity contribution >= 4 is 16.7 Å². The summed E-state index contributed by atoms with van der Waals surface area (Å²) in [7, 11) is 0. The van der Waals surface area contributed by atoms with E-state index in [1.165, 1.54) is 0 Å². The second-order valence-corrected chi connectivity index (χ2v) is 5.13. The van der Waals surface area contributed by atoms with E-state index in [9.17, 15) is 4.79 Å². The maximum Gasteiger partial charge on any atom is 0.264 e. The number of fused-ring (bicyclic) bond motifs is 1. The van der Waals surface area contributed by atoms with E-state index in [2.05, 4.69) is 17.1 Å². The number of benzene rings is 1. The van der Waals surface area contributed by atoms with E-state index in [4.69, 9.17) is 4.42 Å². The molecule has 0 aliphatic heterocycles. The Morgan fingerprint density at radius 1 is 1.29 bits per heavy atom. The number of carbonyl (C=O) groups excluding carboxylic acids is 1. The van der Waals surface area contributed by atoms with Crippen LogP contribution >= 0.6 is 0 Å². The molecule has 1 aromatic carbocycles. The Balaban J connectivity index is 2.13. The Kier molecular flexibility index (Phi) is 3.56. The highest BCUT2D eigenvalue weighted by Crippen LogP contribution is 2.27. The second kappa shape index (κ2) is 5.52. The molecule has 0 saturated carbocycles. The topological polar surface area (TPSA) is 60.9 Å².